The van der Waals surface area contributed by atoms with Crippen LogP contribution in [0, 0.1) is 0 Å². The van der Waals surface area contributed by atoms with E-state index in [0.717, 1.165) is 16.7 Å². The highest BCUT2D eigenvalue weighted by Gasteiger charge is 2.39. The number of nitrogens with one attached hydrogen (secondary N) is 3. The highest BCUT2D eigenvalue weighted by molar-refractivity contribution is 6.05. The molecule has 0 bridgehead atoms. The molecule has 9 heteroatoms. The van der Waals surface area contributed by atoms with Crippen LogP contribution in [-0.2, 0) is 29.2 Å². The SMILES string of the molecule is O=C1CCC(N2Cc3ccc(CNC(=O)NCc4cccnc4)cc3C2=O)C(=O)N1. The van der Waals surface area contributed by atoms with Gasteiger partial charge in [-0.2, -0.15) is 0 Å². The lowest BCUT2D eigenvalue weighted by Gasteiger charge is -2.29. The molecule has 1 aromatic heterocycles. The van der Waals surface area contributed by atoms with Crippen LogP contribution in [0.1, 0.15) is 39.9 Å². The molecule has 2 aliphatic heterocycles. The Bertz CT molecular complexity index is 1010. The standard InChI is InChI=1S/C21H21N5O4/c27-18-6-5-17(19(28)25-18)26-12-15-4-3-13(8-16(15)20(26)29)10-23-21(30)24-11-14-2-1-7-22-9-14/h1-4,7-9,17H,5-6,10-12H2,(H2,23,24,30)(H,25,27,28). The molecule has 1 saturated heterocycles. The molecule has 2 aliphatic rings. The van der Waals surface area contributed by atoms with E-state index in [4.69, 9.17) is 0 Å². The van der Waals surface area contributed by atoms with Crippen molar-refractivity contribution in [2.75, 3.05) is 0 Å². The van der Waals surface area contributed by atoms with Gasteiger partial charge in [-0.3, -0.25) is 24.7 Å². The monoisotopic (exact) mass is 407 g/mol. The Labute approximate surface area is 172 Å². The van der Waals surface area contributed by atoms with Gasteiger partial charge in [-0.1, -0.05) is 18.2 Å². The summed E-state index contributed by atoms with van der Waals surface area (Å²) < 4.78 is 0. The molecule has 1 unspecified atom stereocenters. The summed E-state index contributed by atoms with van der Waals surface area (Å²) in [5.74, 6) is -0.975. The summed E-state index contributed by atoms with van der Waals surface area (Å²) in [5, 5.41) is 7.81. The topological polar surface area (TPSA) is 120 Å². The lowest BCUT2D eigenvalue weighted by Crippen LogP contribution is -2.52. The summed E-state index contributed by atoms with van der Waals surface area (Å²) in [7, 11) is 0. The van der Waals surface area contributed by atoms with E-state index in [1.165, 1.54) is 4.90 Å². The van der Waals surface area contributed by atoms with E-state index in [9.17, 15) is 19.2 Å². The number of carbonyl (C=O) groups excluding carboxylic acids is 4. The normalized spacial score (nSPS) is 18.1. The Kier molecular flexibility index (Phi) is 5.42. The van der Waals surface area contributed by atoms with Gasteiger partial charge in [0.25, 0.3) is 5.91 Å². The molecule has 4 rings (SSSR count). The van der Waals surface area contributed by atoms with E-state index in [1.54, 1.807) is 24.5 Å². The summed E-state index contributed by atoms with van der Waals surface area (Å²) in [4.78, 5) is 53.8. The van der Waals surface area contributed by atoms with Crippen LogP contribution in [0.4, 0.5) is 4.79 Å². The van der Waals surface area contributed by atoms with Crippen molar-refractivity contribution in [1.29, 1.82) is 0 Å². The molecule has 0 spiro atoms. The zero-order valence-electron chi connectivity index (χ0n) is 16.2. The molecule has 5 amide bonds. The maximum atomic E-state index is 12.8. The predicted octanol–water partition coefficient (Wildman–Crippen LogP) is 0.842. The van der Waals surface area contributed by atoms with Crippen LogP contribution < -0.4 is 16.0 Å². The number of rotatable bonds is 5. The Morgan fingerprint density at radius 2 is 1.93 bits per heavy atom. The third-order valence-electron chi connectivity index (χ3n) is 5.22. The molecule has 2 aromatic rings. The van der Waals surface area contributed by atoms with Crippen molar-refractivity contribution in [3.05, 3.63) is 65.0 Å². The molecule has 0 aliphatic carbocycles. The van der Waals surface area contributed by atoms with Crippen LogP contribution in [0.3, 0.4) is 0 Å². The smallest absolute Gasteiger partial charge is 0.315 e. The fraction of sp³-hybridized carbons (Fsp3) is 0.286. The minimum absolute atomic E-state index is 0.222. The number of carbonyl (C=O) groups is 4. The molecule has 1 fully saturated rings. The average Bonchev–Trinajstić information content (AvgIpc) is 3.07. The van der Waals surface area contributed by atoms with E-state index in [2.05, 4.69) is 20.9 Å². The molecular weight excluding hydrogens is 386 g/mol. The molecule has 0 radical (unpaired) electrons. The largest absolute Gasteiger partial charge is 0.334 e. The zero-order chi connectivity index (χ0) is 21.1. The van der Waals surface area contributed by atoms with Gasteiger partial charge in [0.1, 0.15) is 6.04 Å². The Hall–Kier alpha value is -3.75. The molecule has 3 N–H and O–H groups in total. The maximum Gasteiger partial charge on any atom is 0.315 e. The van der Waals surface area contributed by atoms with E-state index in [-0.39, 0.29) is 30.8 Å². The number of benzene rings is 1. The van der Waals surface area contributed by atoms with E-state index >= 15 is 0 Å². The summed E-state index contributed by atoms with van der Waals surface area (Å²) >= 11 is 0. The number of piperidine rings is 1. The number of pyridine rings is 1. The van der Waals surface area contributed by atoms with Crippen molar-refractivity contribution in [2.45, 2.75) is 38.5 Å². The minimum Gasteiger partial charge on any atom is -0.334 e. The molecule has 0 saturated carbocycles. The lowest BCUT2D eigenvalue weighted by molar-refractivity contribution is -0.136. The van der Waals surface area contributed by atoms with Crippen molar-refractivity contribution >= 4 is 23.8 Å². The quantitative estimate of drug-likeness (QED) is 0.635. The molecule has 1 aromatic carbocycles. The van der Waals surface area contributed by atoms with Crippen molar-refractivity contribution < 1.29 is 19.2 Å². The van der Waals surface area contributed by atoms with E-state index < -0.39 is 11.9 Å². The van der Waals surface area contributed by atoms with Crippen LogP contribution >= 0.6 is 0 Å². The first kappa shape index (κ1) is 19.6. The highest BCUT2D eigenvalue weighted by atomic mass is 16.2. The van der Waals surface area contributed by atoms with Crippen molar-refractivity contribution in [3.8, 4) is 0 Å². The van der Waals surface area contributed by atoms with Gasteiger partial charge in [-0.15, -0.1) is 0 Å². The summed E-state index contributed by atoms with van der Waals surface area (Å²) in [6.07, 6.45) is 3.90. The van der Waals surface area contributed by atoms with Gasteiger partial charge in [0, 0.05) is 44.0 Å². The van der Waals surface area contributed by atoms with Gasteiger partial charge in [-0.05, 0) is 35.2 Å². The molecule has 154 valence electrons. The fourth-order valence-electron chi connectivity index (χ4n) is 3.64. The second-order valence-electron chi connectivity index (χ2n) is 7.29. The summed E-state index contributed by atoms with van der Waals surface area (Å²) in [6, 6.07) is 8.14. The summed E-state index contributed by atoms with van der Waals surface area (Å²) in [5.41, 5.74) is 3.03. The van der Waals surface area contributed by atoms with Gasteiger partial charge in [0.2, 0.25) is 11.8 Å². The number of urea groups is 1. The maximum absolute atomic E-state index is 12.8. The molecule has 3 heterocycles. The third kappa shape index (κ3) is 4.14. The fourth-order valence-corrected chi connectivity index (χ4v) is 3.64. The van der Waals surface area contributed by atoms with Crippen LogP contribution in [0.25, 0.3) is 0 Å². The van der Waals surface area contributed by atoms with Gasteiger partial charge in [0.15, 0.2) is 0 Å². The Morgan fingerprint density at radius 1 is 1.13 bits per heavy atom. The van der Waals surface area contributed by atoms with Crippen LogP contribution in [0.15, 0.2) is 42.7 Å². The van der Waals surface area contributed by atoms with Gasteiger partial charge < -0.3 is 15.5 Å². The second-order valence-corrected chi connectivity index (χ2v) is 7.29. The molecule has 30 heavy (non-hydrogen) atoms. The molecular formula is C21H21N5O4. The first-order chi connectivity index (χ1) is 14.5. The number of aromatic nitrogens is 1. The Morgan fingerprint density at radius 3 is 2.67 bits per heavy atom. The second kappa shape index (κ2) is 8.32. The van der Waals surface area contributed by atoms with Crippen LogP contribution in [0.5, 0.6) is 0 Å². The van der Waals surface area contributed by atoms with Gasteiger partial charge in [-0.25, -0.2) is 4.79 Å². The third-order valence-corrected chi connectivity index (χ3v) is 5.22. The van der Waals surface area contributed by atoms with Crippen molar-refractivity contribution in [2.24, 2.45) is 0 Å². The van der Waals surface area contributed by atoms with E-state index in [1.807, 2.05) is 18.2 Å². The highest BCUT2D eigenvalue weighted by Crippen LogP contribution is 2.28. The summed E-state index contributed by atoms with van der Waals surface area (Å²) in [6.45, 7) is 0.959. The average molecular weight is 407 g/mol. The lowest BCUT2D eigenvalue weighted by atomic mass is 10.0. The van der Waals surface area contributed by atoms with Crippen molar-refractivity contribution in [1.82, 2.24) is 25.8 Å². The molecule has 9 nitrogen and oxygen atoms in total. The van der Waals surface area contributed by atoms with Gasteiger partial charge in [0.05, 0.1) is 0 Å². The Balaban J connectivity index is 1.34. The van der Waals surface area contributed by atoms with Crippen LogP contribution in [-0.4, -0.2) is 39.7 Å². The number of imide groups is 1. The first-order valence-corrected chi connectivity index (χ1v) is 9.68. The number of hydrogen-bond donors (Lipinski definition) is 3. The number of nitrogens with zero attached hydrogens (tertiary/aromatic N) is 2. The van der Waals surface area contributed by atoms with E-state index in [0.29, 0.717) is 25.1 Å². The number of fused-ring (bicyclic) bond motifs is 1. The van der Waals surface area contributed by atoms with Crippen molar-refractivity contribution in [3.63, 3.8) is 0 Å². The zero-order valence-corrected chi connectivity index (χ0v) is 16.2. The predicted molar refractivity (Wildman–Crippen MR) is 106 cm³/mol. The molecule has 1 atom stereocenters. The first-order valence-electron chi connectivity index (χ1n) is 9.68. The number of amides is 5. The minimum atomic E-state index is -0.637. The van der Waals surface area contributed by atoms with Crippen LogP contribution in [0.2, 0.25) is 0 Å². The number of hydrogen-bond acceptors (Lipinski definition) is 5. The van der Waals surface area contributed by atoms with Gasteiger partial charge >= 0.3 is 6.03 Å².